The fourth-order valence-corrected chi connectivity index (χ4v) is 4.97. The van der Waals surface area contributed by atoms with Gasteiger partial charge in [0.15, 0.2) is 0 Å². The summed E-state index contributed by atoms with van der Waals surface area (Å²) in [5.74, 6) is 0.628. The molecular formula is C24H28O4. The monoisotopic (exact) mass is 380 g/mol. The number of rotatable bonds is 7. The minimum absolute atomic E-state index is 0.0575. The van der Waals surface area contributed by atoms with Crippen LogP contribution in [0.3, 0.4) is 0 Å². The topological polar surface area (TPSA) is 55.8 Å². The molecule has 2 aliphatic rings. The van der Waals surface area contributed by atoms with E-state index in [-0.39, 0.29) is 23.7 Å². The third kappa shape index (κ3) is 3.53. The highest BCUT2D eigenvalue weighted by Crippen LogP contribution is 2.59. The number of carbonyl (C=O) groups excluding carboxylic acids is 1. The van der Waals surface area contributed by atoms with Crippen LogP contribution < -0.4 is 4.74 Å². The molecule has 4 rings (SSSR count). The number of aliphatic hydroxyl groups is 1. The molecule has 4 unspecified atom stereocenters. The van der Waals surface area contributed by atoms with Gasteiger partial charge >= 0.3 is 5.97 Å². The molecule has 0 saturated heterocycles. The molecule has 0 spiro atoms. The van der Waals surface area contributed by atoms with Gasteiger partial charge in [0, 0.05) is 5.92 Å². The van der Waals surface area contributed by atoms with E-state index in [1.807, 2.05) is 61.5 Å². The fourth-order valence-electron chi connectivity index (χ4n) is 4.97. The third-order valence-corrected chi connectivity index (χ3v) is 6.30. The summed E-state index contributed by atoms with van der Waals surface area (Å²) in [5, 5.41) is 11.4. The van der Waals surface area contributed by atoms with E-state index < -0.39 is 5.60 Å². The Morgan fingerprint density at radius 3 is 2.57 bits per heavy atom. The third-order valence-electron chi connectivity index (χ3n) is 6.30. The number of esters is 1. The lowest BCUT2D eigenvalue weighted by Gasteiger charge is -2.33. The van der Waals surface area contributed by atoms with Gasteiger partial charge in [0.05, 0.1) is 18.1 Å². The van der Waals surface area contributed by atoms with Crippen molar-refractivity contribution in [2.24, 2.45) is 17.8 Å². The number of benzene rings is 2. The zero-order chi connectivity index (χ0) is 19.6. The lowest BCUT2D eigenvalue weighted by Crippen LogP contribution is -2.34. The lowest BCUT2D eigenvalue weighted by atomic mass is 9.78. The van der Waals surface area contributed by atoms with Gasteiger partial charge in [0.25, 0.3) is 0 Å². The highest BCUT2D eigenvalue weighted by molar-refractivity contribution is 5.74. The molecule has 2 fully saturated rings. The number of carbonyl (C=O) groups is 1. The second kappa shape index (κ2) is 7.96. The van der Waals surface area contributed by atoms with Gasteiger partial charge in [-0.25, -0.2) is 0 Å². The Morgan fingerprint density at radius 1 is 1.11 bits per heavy atom. The maximum Gasteiger partial charge on any atom is 0.309 e. The molecular weight excluding hydrogens is 352 g/mol. The lowest BCUT2D eigenvalue weighted by molar-refractivity contribution is -0.151. The van der Waals surface area contributed by atoms with Crippen molar-refractivity contribution in [1.29, 1.82) is 0 Å². The predicted molar refractivity (Wildman–Crippen MR) is 107 cm³/mol. The molecule has 2 saturated carbocycles. The maximum atomic E-state index is 12.5. The molecule has 4 nitrogen and oxygen atoms in total. The van der Waals surface area contributed by atoms with Crippen LogP contribution in [0.5, 0.6) is 5.75 Å². The van der Waals surface area contributed by atoms with E-state index in [4.69, 9.17) is 9.47 Å². The van der Waals surface area contributed by atoms with Gasteiger partial charge in [-0.3, -0.25) is 4.79 Å². The maximum absolute atomic E-state index is 12.5. The van der Waals surface area contributed by atoms with Crippen LogP contribution in [0.1, 0.15) is 43.7 Å². The fraction of sp³-hybridized carbons (Fsp3) is 0.458. The summed E-state index contributed by atoms with van der Waals surface area (Å²) in [5.41, 5.74) is 1.04. The van der Waals surface area contributed by atoms with Crippen molar-refractivity contribution in [3.05, 3.63) is 65.7 Å². The first-order valence-electron chi connectivity index (χ1n) is 10.3. The first-order valence-corrected chi connectivity index (χ1v) is 10.3. The van der Waals surface area contributed by atoms with Crippen LogP contribution in [-0.4, -0.2) is 17.7 Å². The zero-order valence-corrected chi connectivity index (χ0v) is 16.3. The molecule has 1 N–H and O–H groups in total. The Kier molecular flexibility index (Phi) is 5.40. The summed E-state index contributed by atoms with van der Waals surface area (Å²) < 4.78 is 11.3. The molecule has 0 amide bonds. The first-order chi connectivity index (χ1) is 13.6. The van der Waals surface area contributed by atoms with Crippen LogP contribution in [0.15, 0.2) is 54.6 Å². The van der Waals surface area contributed by atoms with E-state index in [0.717, 1.165) is 36.1 Å². The second-order valence-electron chi connectivity index (χ2n) is 8.06. The van der Waals surface area contributed by atoms with Gasteiger partial charge < -0.3 is 14.6 Å². The Hall–Kier alpha value is -2.33. The van der Waals surface area contributed by atoms with Gasteiger partial charge in [0.2, 0.25) is 0 Å². The van der Waals surface area contributed by atoms with E-state index >= 15 is 0 Å². The molecule has 0 aromatic heterocycles. The van der Waals surface area contributed by atoms with Crippen LogP contribution in [0, 0.1) is 17.8 Å². The molecule has 4 heteroatoms. The van der Waals surface area contributed by atoms with Crippen LogP contribution in [0.4, 0.5) is 0 Å². The normalized spacial score (nSPS) is 28.3. The highest BCUT2D eigenvalue weighted by atomic mass is 16.5. The summed E-state index contributed by atoms with van der Waals surface area (Å²) in [6, 6.07) is 17.7. The molecule has 2 aromatic rings. The van der Waals surface area contributed by atoms with E-state index in [0.29, 0.717) is 19.6 Å². The minimum atomic E-state index is -0.948. The first kappa shape index (κ1) is 19.0. The van der Waals surface area contributed by atoms with Crippen molar-refractivity contribution in [3.8, 4) is 5.75 Å². The van der Waals surface area contributed by atoms with Crippen molar-refractivity contribution in [1.82, 2.24) is 0 Å². The number of fused-ring (bicyclic) bond motifs is 2. The number of hydrogen-bond acceptors (Lipinski definition) is 4. The van der Waals surface area contributed by atoms with Crippen molar-refractivity contribution in [2.45, 2.75) is 44.8 Å². The van der Waals surface area contributed by atoms with E-state index in [2.05, 4.69) is 0 Å². The van der Waals surface area contributed by atoms with E-state index in [1.54, 1.807) is 0 Å². The largest absolute Gasteiger partial charge is 0.489 e. The predicted octanol–water partition coefficient (Wildman–Crippen LogP) is 4.45. The van der Waals surface area contributed by atoms with Crippen molar-refractivity contribution >= 4 is 5.97 Å². The van der Waals surface area contributed by atoms with Crippen molar-refractivity contribution in [2.75, 3.05) is 6.61 Å². The smallest absolute Gasteiger partial charge is 0.309 e. The number of hydrogen-bond donors (Lipinski definition) is 1. The summed E-state index contributed by atoms with van der Waals surface area (Å²) in [7, 11) is 0. The molecule has 0 radical (unpaired) electrons. The van der Waals surface area contributed by atoms with Crippen LogP contribution >= 0.6 is 0 Å². The SMILES string of the molecule is CCCOC(=O)C1C2CCC1C(O)(c1ccc(OCc3ccccc3)cc1)C2. The van der Waals surface area contributed by atoms with Gasteiger partial charge in [-0.2, -0.15) is 0 Å². The van der Waals surface area contributed by atoms with Gasteiger partial charge in [0.1, 0.15) is 12.4 Å². The van der Waals surface area contributed by atoms with E-state index in [1.165, 1.54) is 0 Å². The Balaban J connectivity index is 1.44. The Bertz CT molecular complexity index is 801. The second-order valence-corrected chi connectivity index (χ2v) is 8.06. The van der Waals surface area contributed by atoms with Gasteiger partial charge in [-0.1, -0.05) is 49.4 Å². The quantitative estimate of drug-likeness (QED) is 0.721. The van der Waals surface area contributed by atoms with Crippen LogP contribution in [0.2, 0.25) is 0 Å². The average molecular weight is 380 g/mol. The summed E-state index contributed by atoms with van der Waals surface area (Å²) >= 11 is 0. The minimum Gasteiger partial charge on any atom is -0.489 e. The molecule has 2 bridgehead atoms. The molecule has 2 aliphatic carbocycles. The average Bonchev–Trinajstić information content (AvgIpc) is 3.27. The molecule has 0 aliphatic heterocycles. The highest BCUT2D eigenvalue weighted by Gasteiger charge is 2.60. The molecule has 2 aromatic carbocycles. The molecule has 4 atom stereocenters. The van der Waals surface area contributed by atoms with Crippen molar-refractivity contribution < 1.29 is 19.4 Å². The van der Waals surface area contributed by atoms with E-state index in [9.17, 15) is 9.90 Å². The summed E-state index contributed by atoms with van der Waals surface area (Å²) in [4.78, 5) is 12.5. The molecule has 148 valence electrons. The van der Waals surface area contributed by atoms with Crippen LogP contribution in [0.25, 0.3) is 0 Å². The Labute approximate surface area is 166 Å². The summed E-state index contributed by atoms with van der Waals surface area (Å²) in [6.45, 7) is 2.97. The number of ether oxygens (including phenoxy) is 2. The molecule has 0 heterocycles. The van der Waals surface area contributed by atoms with Crippen LogP contribution in [-0.2, 0) is 21.7 Å². The molecule has 28 heavy (non-hydrogen) atoms. The van der Waals surface area contributed by atoms with Gasteiger partial charge in [-0.15, -0.1) is 0 Å². The Morgan fingerprint density at radius 2 is 1.86 bits per heavy atom. The van der Waals surface area contributed by atoms with Crippen molar-refractivity contribution in [3.63, 3.8) is 0 Å². The standard InChI is InChI=1S/C24H28O4/c1-2-14-27-23(25)22-18-8-13-21(22)24(26,15-18)19-9-11-20(12-10-19)28-16-17-6-4-3-5-7-17/h3-7,9-12,18,21-22,26H,2,8,13-16H2,1H3. The summed E-state index contributed by atoms with van der Waals surface area (Å²) in [6.07, 6.45) is 3.33. The van der Waals surface area contributed by atoms with Gasteiger partial charge in [-0.05, 0) is 54.9 Å². The zero-order valence-electron chi connectivity index (χ0n) is 16.3.